The molecule has 18 heavy (non-hydrogen) atoms. The lowest BCUT2D eigenvalue weighted by Gasteiger charge is -2.19. The first-order chi connectivity index (χ1) is 8.29. The van der Waals surface area contributed by atoms with E-state index in [1.54, 1.807) is 20.8 Å². The van der Waals surface area contributed by atoms with E-state index in [4.69, 9.17) is 4.74 Å². The molecule has 0 saturated carbocycles. The first kappa shape index (κ1) is 15.2. The van der Waals surface area contributed by atoms with Gasteiger partial charge in [-0.1, -0.05) is 0 Å². The van der Waals surface area contributed by atoms with E-state index in [2.05, 4.69) is 21.2 Å². The fourth-order valence-corrected chi connectivity index (χ4v) is 2.76. The maximum absolute atomic E-state index is 11.8. The number of thiophene rings is 1. The summed E-state index contributed by atoms with van der Waals surface area (Å²) in [7, 11) is 0. The molecule has 0 aliphatic carbocycles. The highest BCUT2D eigenvalue weighted by Gasteiger charge is 2.16. The van der Waals surface area contributed by atoms with E-state index < -0.39 is 11.7 Å². The van der Waals surface area contributed by atoms with Gasteiger partial charge in [0.15, 0.2) is 5.78 Å². The summed E-state index contributed by atoms with van der Waals surface area (Å²) in [4.78, 5) is 23.8. The van der Waals surface area contributed by atoms with E-state index in [0.717, 1.165) is 4.47 Å². The van der Waals surface area contributed by atoms with E-state index >= 15 is 0 Å². The van der Waals surface area contributed by atoms with Crippen LogP contribution < -0.4 is 5.32 Å². The van der Waals surface area contributed by atoms with Crippen molar-refractivity contribution in [2.24, 2.45) is 0 Å². The van der Waals surface area contributed by atoms with E-state index in [9.17, 15) is 9.59 Å². The molecular formula is C12H16BrNO3S. The smallest absolute Gasteiger partial charge is 0.407 e. The molecule has 1 N–H and O–H groups in total. The third-order valence-corrected chi connectivity index (χ3v) is 3.77. The van der Waals surface area contributed by atoms with Crippen molar-refractivity contribution < 1.29 is 14.3 Å². The standard InChI is InChI=1S/C12H16BrNO3S/c1-12(2,3)17-11(16)14-6-4-9(15)10-8(13)5-7-18-10/h5,7H,4,6H2,1-3H3,(H,14,16). The number of rotatable bonds is 4. The third-order valence-electron chi connectivity index (χ3n) is 1.89. The van der Waals surface area contributed by atoms with Gasteiger partial charge < -0.3 is 10.1 Å². The quantitative estimate of drug-likeness (QED) is 0.856. The van der Waals surface area contributed by atoms with Crippen LogP contribution in [0.2, 0.25) is 0 Å². The summed E-state index contributed by atoms with van der Waals surface area (Å²) in [6.07, 6.45) is -0.237. The zero-order valence-electron chi connectivity index (χ0n) is 10.6. The fraction of sp³-hybridized carbons (Fsp3) is 0.500. The molecule has 1 aromatic rings. The first-order valence-corrected chi connectivity index (χ1v) is 7.20. The summed E-state index contributed by atoms with van der Waals surface area (Å²) >= 11 is 4.69. The number of hydrogen-bond acceptors (Lipinski definition) is 4. The van der Waals surface area contributed by atoms with Crippen LogP contribution in [-0.2, 0) is 4.74 Å². The Balaban J connectivity index is 2.33. The monoisotopic (exact) mass is 333 g/mol. The molecule has 1 rings (SSSR count). The summed E-state index contributed by atoms with van der Waals surface area (Å²) in [6.45, 7) is 5.65. The highest BCUT2D eigenvalue weighted by molar-refractivity contribution is 9.10. The van der Waals surface area contributed by atoms with Crippen molar-refractivity contribution in [1.82, 2.24) is 5.32 Å². The van der Waals surface area contributed by atoms with Crippen molar-refractivity contribution in [2.45, 2.75) is 32.8 Å². The Bertz CT molecular complexity index is 437. The van der Waals surface area contributed by atoms with Gasteiger partial charge >= 0.3 is 6.09 Å². The van der Waals surface area contributed by atoms with E-state index in [0.29, 0.717) is 4.88 Å². The average Bonchev–Trinajstić information content (AvgIpc) is 2.61. The number of carbonyl (C=O) groups is 2. The molecule has 0 aliphatic heterocycles. The molecule has 1 heterocycles. The first-order valence-electron chi connectivity index (χ1n) is 5.52. The van der Waals surface area contributed by atoms with Gasteiger partial charge in [-0.05, 0) is 48.1 Å². The van der Waals surface area contributed by atoms with E-state index in [1.165, 1.54) is 11.3 Å². The molecule has 0 aromatic carbocycles. The SMILES string of the molecule is CC(C)(C)OC(=O)NCCC(=O)c1sccc1Br. The van der Waals surface area contributed by atoms with Gasteiger partial charge in [-0.2, -0.15) is 0 Å². The van der Waals surface area contributed by atoms with Crippen molar-refractivity contribution in [1.29, 1.82) is 0 Å². The molecule has 0 saturated heterocycles. The van der Waals surface area contributed by atoms with Crippen LogP contribution in [0.4, 0.5) is 4.79 Å². The second-order valence-electron chi connectivity index (χ2n) is 4.70. The number of carbonyl (C=O) groups excluding carboxylic acids is 2. The zero-order valence-corrected chi connectivity index (χ0v) is 13.0. The number of alkyl carbamates (subject to hydrolysis) is 1. The Morgan fingerprint density at radius 3 is 2.61 bits per heavy atom. The van der Waals surface area contributed by atoms with Crippen LogP contribution in [0.25, 0.3) is 0 Å². The molecule has 0 fully saturated rings. The second kappa shape index (κ2) is 6.33. The number of ether oxygens (including phenoxy) is 1. The lowest BCUT2D eigenvalue weighted by atomic mass is 10.2. The van der Waals surface area contributed by atoms with Gasteiger partial charge in [0.2, 0.25) is 0 Å². The summed E-state index contributed by atoms with van der Waals surface area (Å²) in [5.74, 6) is 0.00735. The second-order valence-corrected chi connectivity index (χ2v) is 6.47. The Morgan fingerprint density at radius 2 is 2.11 bits per heavy atom. The molecule has 1 amide bonds. The molecule has 0 unspecified atom stereocenters. The van der Waals surface area contributed by atoms with Gasteiger partial charge in [0, 0.05) is 17.4 Å². The van der Waals surface area contributed by atoms with Crippen LogP contribution in [0, 0.1) is 0 Å². The maximum Gasteiger partial charge on any atom is 0.407 e. The number of Topliss-reactive ketones (excluding diaryl/α,β-unsaturated/α-hetero) is 1. The molecule has 100 valence electrons. The van der Waals surface area contributed by atoms with Crippen LogP contribution in [0.15, 0.2) is 15.9 Å². The summed E-state index contributed by atoms with van der Waals surface area (Å²) in [6, 6.07) is 1.83. The highest BCUT2D eigenvalue weighted by atomic mass is 79.9. The minimum Gasteiger partial charge on any atom is -0.444 e. The molecule has 1 aromatic heterocycles. The van der Waals surface area contributed by atoms with Crippen LogP contribution in [0.3, 0.4) is 0 Å². The van der Waals surface area contributed by atoms with Gasteiger partial charge in [-0.15, -0.1) is 11.3 Å². The van der Waals surface area contributed by atoms with Crippen LogP contribution in [0.5, 0.6) is 0 Å². The van der Waals surface area contributed by atoms with E-state index in [-0.39, 0.29) is 18.7 Å². The van der Waals surface area contributed by atoms with Crippen molar-refractivity contribution in [2.75, 3.05) is 6.54 Å². The molecule has 4 nitrogen and oxygen atoms in total. The van der Waals surface area contributed by atoms with Gasteiger partial charge in [-0.3, -0.25) is 4.79 Å². The predicted molar refractivity (Wildman–Crippen MR) is 75.2 cm³/mol. The molecular weight excluding hydrogens is 318 g/mol. The Morgan fingerprint density at radius 1 is 1.44 bits per heavy atom. The number of hydrogen-bond donors (Lipinski definition) is 1. The number of halogens is 1. The van der Waals surface area contributed by atoms with Crippen molar-refractivity contribution in [3.63, 3.8) is 0 Å². The van der Waals surface area contributed by atoms with Crippen molar-refractivity contribution >= 4 is 39.1 Å². The topological polar surface area (TPSA) is 55.4 Å². The van der Waals surface area contributed by atoms with Crippen molar-refractivity contribution in [3.8, 4) is 0 Å². The number of amides is 1. The Hall–Kier alpha value is -0.880. The van der Waals surface area contributed by atoms with Gasteiger partial charge in [0.05, 0.1) is 4.88 Å². The van der Waals surface area contributed by atoms with Crippen LogP contribution in [-0.4, -0.2) is 24.0 Å². The lowest BCUT2D eigenvalue weighted by molar-refractivity contribution is 0.0527. The maximum atomic E-state index is 11.8. The third kappa shape index (κ3) is 5.18. The Kier molecular flexibility index (Phi) is 5.34. The largest absolute Gasteiger partial charge is 0.444 e. The molecule has 0 bridgehead atoms. The molecule has 0 aliphatic rings. The molecule has 6 heteroatoms. The minimum atomic E-state index is -0.523. The molecule has 0 radical (unpaired) electrons. The zero-order chi connectivity index (χ0) is 13.8. The normalized spacial score (nSPS) is 11.1. The Labute approximate surface area is 119 Å². The minimum absolute atomic E-state index is 0.00735. The predicted octanol–water partition coefficient (Wildman–Crippen LogP) is 3.61. The summed E-state index contributed by atoms with van der Waals surface area (Å²) in [5, 5.41) is 4.40. The number of nitrogens with one attached hydrogen (secondary N) is 1. The van der Waals surface area contributed by atoms with Crippen LogP contribution >= 0.6 is 27.3 Å². The lowest BCUT2D eigenvalue weighted by Crippen LogP contribution is -2.33. The molecule has 0 atom stereocenters. The van der Waals surface area contributed by atoms with Crippen LogP contribution in [0.1, 0.15) is 36.9 Å². The highest BCUT2D eigenvalue weighted by Crippen LogP contribution is 2.23. The fourth-order valence-electron chi connectivity index (χ4n) is 1.20. The van der Waals surface area contributed by atoms with Gasteiger partial charge in [0.1, 0.15) is 5.60 Å². The molecule has 0 spiro atoms. The summed E-state index contributed by atoms with van der Waals surface area (Å²) in [5.41, 5.74) is -0.523. The number of ketones is 1. The van der Waals surface area contributed by atoms with E-state index in [1.807, 2.05) is 11.4 Å². The average molecular weight is 334 g/mol. The summed E-state index contributed by atoms with van der Waals surface area (Å²) < 4.78 is 5.87. The van der Waals surface area contributed by atoms with Gasteiger partial charge in [0.25, 0.3) is 0 Å². The van der Waals surface area contributed by atoms with Gasteiger partial charge in [-0.25, -0.2) is 4.79 Å². The van der Waals surface area contributed by atoms with Crippen molar-refractivity contribution in [3.05, 3.63) is 20.8 Å².